The lowest BCUT2D eigenvalue weighted by Gasteiger charge is -2.31. The van der Waals surface area contributed by atoms with Gasteiger partial charge in [-0.25, -0.2) is 28.2 Å². The molecule has 27 heteroatoms. The summed E-state index contributed by atoms with van der Waals surface area (Å²) in [5.41, 5.74) is 6.17. The molecule has 0 bridgehead atoms. The Bertz CT molecular complexity index is 3400. The number of esters is 1. The van der Waals surface area contributed by atoms with E-state index in [1.807, 2.05) is 27.7 Å². The third-order valence-electron chi connectivity index (χ3n) is 14.1. The number of aromatic nitrogens is 7. The summed E-state index contributed by atoms with van der Waals surface area (Å²) < 4.78 is 55.1. The fraction of sp³-hybridized carbons (Fsp3) is 0.537. The normalized spacial score (nSPS) is 16.3. The summed E-state index contributed by atoms with van der Waals surface area (Å²) >= 11 is 0. The Morgan fingerprint density at radius 2 is 1.60 bits per heavy atom. The molecule has 0 unspecified atom stereocenters. The van der Waals surface area contributed by atoms with Crippen molar-refractivity contribution in [2.75, 3.05) is 52.6 Å². The van der Waals surface area contributed by atoms with Crippen molar-refractivity contribution in [3.8, 4) is 34.1 Å². The highest BCUT2D eigenvalue weighted by Gasteiger charge is 2.46. The topological polar surface area (TPSA) is 351 Å². The van der Waals surface area contributed by atoms with Gasteiger partial charge < -0.3 is 60.4 Å². The molecule has 3 aliphatic heterocycles. The number of amides is 4. The molecule has 3 atom stereocenters. The molecule has 8 rings (SSSR count). The van der Waals surface area contributed by atoms with Crippen LogP contribution in [-0.2, 0) is 79.9 Å². The van der Waals surface area contributed by atoms with Crippen LogP contribution in [0.25, 0.3) is 33.5 Å². The van der Waals surface area contributed by atoms with Crippen LogP contribution >= 0.6 is 0 Å². The maximum atomic E-state index is 14.0. The number of cyclic esters (lactones) is 1. The molecule has 3 aliphatic rings. The van der Waals surface area contributed by atoms with Gasteiger partial charge in [-0.2, -0.15) is 0 Å². The number of carbonyl (C=O) groups excluding carboxylic acids is 5. The minimum Gasteiger partial charge on any atom is -0.458 e. The van der Waals surface area contributed by atoms with Crippen LogP contribution in [0.3, 0.4) is 0 Å². The van der Waals surface area contributed by atoms with Gasteiger partial charge >= 0.3 is 5.97 Å². The van der Waals surface area contributed by atoms with Gasteiger partial charge in [-0.3, -0.25) is 28.7 Å². The molecular formula is C54H70N12O14S. The van der Waals surface area contributed by atoms with Crippen LogP contribution in [0.15, 0.2) is 46.7 Å². The van der Waals surface area contributed by atoms with Crippen molar-refractivity contribution < 1.29 is 61.2 Å². The van der Waals surface area contributed by atoms with E-state index in [4.69, 9.17) is 34.4 Å². The smallest absolute Gasteiger partial charge is 0.343 e. The Labute approximate surface area is 467 Å². The fourth-order valence-electron chi connectivity index (χ4n) is 9.76. The number of nitrogens with two attached hydrogens (primary N) is 1. The molecular weight excluding hydrogens is 1070 g/mol. The molecule has 0 saturated heterocycles. The maximum absolute atomic E-state index is 14.0. The van der Waals surface area contributed by atoms with E-state index >= 15 is 0 Å². The van der Waals surface area contributed by atoms with Crippen LogP contribution in [0.5, 0.6) is 11.5 Å². The van der Waals surface area contributed by atoms with E-state index in [9.17, 15) is 42.3 Å². The zero-order chi connectivity index (χ0) is 58.6. The minimum atomic E-state index is -3.55. The predicted octanol–water partition coefficient (Wildman–Crippen LogP) is 1.53. The first-order chi connectivity index (χ1) is 38.3. The van der Waals surface area contributed by atoms with Gasteiger partial charge in [0.25, 0.3) is 5.56 Å². The number of rotatable bonds is 26. The van der Waals surface area contributed by atoms with Gasteiger partial charge in [0.1, 0.15) is 31.0 Å². The van der Waals surface area contributed by atoms with Crippen LogP contribution < -0.4 is 42.0 Å². The molecule has 7 heterocycles. The molecule has 26 nitrogen and oxygen atoms in total. The number of pyridine rings is 2. The second-order valence-electron chi connectivity index (χ2n) is 22.5. The van der Waals surface area contributed by atoms with Gasteiger partial charge in [0.05, 0.1) is 61.6 Å². The summed E-state index contributed by atoms with van der Waals surface area (Å²) in [4.78, 5) is 94.1. The molecule has 436 valence electrons. The number of nitrogens with zero attached hydrogens (tertiary/aromatic N) is 7. The van der Waals surface area contributed by atoms with Crippen molar-refractivity contribution in [1.29, 1.82) is 0 Å². The summed E-state index contributed by atoms with van der Waals surface area (Å²) in [5, 5.41) is 31.2. The van der Waals surface area contributed by atoms with E-state index in [0.29, 0.717) is 95.3 Å². The lowest BCUT2D eigenvalue weighted by atomic mass is 9.86. The molecule has 0 spiro atoms. The van der Waals surface area contributed by atoms with Gasteiger partial charge in [-0.05, 0) is 55.8 Å². The highest BCUT2D eigenvalue weighted by molar-refractivity contribution is 7.90. The molecule has 4 amide bonds. The number of carbonyl (C=O) groups is 5. The maximum Gasteiger partial charge on any atom is 0.343 e. The van der Waals surface area contributed by atoms with Crippen LogP contribution in [0.4, 0.5) is 0 Å². The zero-order valence-electron chi connectivity index (χ0n) is 46.7. The summed E-state index contributed by atoms with van der Waals surface area (Å²) in [6, 6.07) is 2.92. The van der Waals surface area contributed by atoms with Gasteiger partial charge in [-0.1, -0.05) is 53.7 Å². The third kappa shape index (κ3) is 13.7. The van der Waals surface area contributed by atoms with Crippen molar-refractivity contribution in [3.05, 3.63) is 69.4 Å². The number of sulfone groups is 1. The first kappa shape index (κ1) is 59.7. The Hall–Kier alpha value is -7.46. The number of fused-ring (bicyclic) bond motifs is 6. The average Bonchev–Trinajstić information content (AvgIpc) is 4.40. The largest absolute Gasteiger partial charge is 0.458 e. The summed E-state index contributed by atoms with van der Waals surface area (Å²) in [6.45, 7) is 13.5. The molecule has 81 heavy (non-hydrogen) atoms. The number of unbranched alkanes of at least 4 members (excludes halogenated alkanes) is 1. The van der Waals surface area contributed by atoms with Crippen LogP contribution in [-0.4, -0.2) is 142 Å². The van der Waals surface area contributed by atoms with E-state index in [0.717, 1.165) is 6.26 Å². The van der Waals surface area contributed by atoms with Gasteiger partial charge in [-0.15, -0.1) is 5.10 Å². The number of nitrogens with one attached hydrogen (secondary N) is 4. The van der Waals surface area contributed by atoms with Gasteiger partial charge in [0, 0.05) is 70.7 Å². The SMILES string of the molecule is CC[C@@]1(O)C(=O)OCc2c1cc1n(c2=O)Cc2c-1nc1cc3c(cc1c2CNC(=O)CNC(=O)[C@H](CCCCN)NC(=O)[C@@H](NC(=O)COCC(C)(C)COCC(C)(C)Cn1cc(-c2cnc(S(C)(=O)=O)nc2)nn1)C(C)C)OCO3. The third-order valence-corrected chi connectivity index (χ3v) is 15.0. The Kier molecular flexibility index (Phi) is 17.9. The molecule has 5 aromatic rings. The number of aliphatic hydroxyl groups is 1. The average molecular weight is 1140 g/mol. The van der Waals surface area contributed by atoms with Crippen LogP contribution in [0.2, 0.25) is 0 Å². The predicted molar refractivity (Wildman–Crippen MR) is 290 cm³/mol. The van der Waals surface area contributed by atoms with E-state index in [2.05, 4.69) is 41.5 Å². The van der Waals surface area contributed by atoms with E-state index < -0.39 is 80.6 Å². The van der Waals surface area contributed by atoms with Gasteiger partial charge in [0.2, 0.25) is 45.4 Å². The minimum absolute atomic E-state index is 0.00670. The van der Waals surface area contributed by atoms with Gasteiger partial charge in [0.15, 0.2) is 17.1 Å². The van der Waals surface area contributed by atoms with Crippen LogP contribution in [0.1, 0.15) is 96.4 Å². The second kappa shape index (κ2) is 24.3. The van der Waals surface area contributed by atoms with Crippen LogP contribution in [0, 0.1) is 16.7 Å². The lowest BCUT2D eigenvalue weighted by molar-refractivity contribution is -0.172. The quantitative estimate of drug-likeness (QED) is 0.0255. The number of hydrogen-bond donors (Lipinski definition) is 6. The number of ether oxygens (including phenoxy) is 5. The van der Waals surface area contributed by atoms with Crippen molar-refractivity contribution in [2.45, 2.75) is 123 Å². The zero-order valence-corrected chi connectivity index (χ0v) is 47.5. The van der Waals surface area contributed by atoms with Crippen molar-refractivity contribution in [3.63, 3.8) is 0 Å². The molecule has 0 fully saturated rings. The lowest BCUT2D eigenvalue weighted by Crippen LogP contribution is -2.56. The van der Waals surface area contributed by atoms with Crippen molar-refractivity contribution >= 4 is 50.3 Å². The first-order valence-corrected chi connectivity index (χ1v) is 28.5. The Balaban J connectivity index is 0.834. The van der Waals surface area contributed by atoms with Crippen molar-refractivity contribution in [1.82, 2.24) is 55.8 Å². The number of benzene rings is 1. The fourth-order valence-corrected chi connectivity index (χ4v) is 10.3. The molecule has 0 aliphatic carbocycles. The monoisotopic (exact) mass is 1140 g/mol. The first-order valence-electron chi connectivity index (χ1n) is 26.7. The molecule has 7 N–H and O–H groups in total. The van der Waals surface area contributed by atoms with E-state index in [-0.39, 0.29) is 74.2 Å². The Morgan fingerprint density at radius 3 is 2.30 bits per heavy atom. The Morgan fingerprint density at radius 1 is 0.901 bits per heavy atom. The molecule has 1 aromatic carbocycles. The molecule has 0 saturated carbocycles. The van der Waals surface area contributed by atoms with E-state index in [1.165, 1.54) is 17.0 Å². The van der Waals surface area contributed by atoms with E-state index in [1.54, 1.807) is 49.8 Å². The summed E-state index contributed by atoms with van der Waals surface area (Å²) in [7, 11) is -3.55. The number of hydrogen-bond acceptors (Lipinski definition) is 20. The second-order valence-corrected chi connectivity index (χ2v) is 24.4. The summed E-state index contributed by atoms with van der Waals surface area (Å²) in [5.74, 6) is -2.68. The molecule has 4 aromatic heterocycles. The highest BCUT2D eigenvalue weighted by Crippen LogP contribution is 2.43. The highest BCUT2D eigenvalue weighted by atomic mass is 32.2. The molecule has 0 radical (unpaired) electrons. The standard InChI is InChI=1S/C54H70N12O14S/c1-9-54(73)36-15-40-46-34(21-66(40)49(71)35(36)23-78-50(54)72)33(32-14-41-42(80-29-79-41)16-38(32)60-46)19-56-43(67)20-57-47(69)37(12-10-11-13-55)61-48(70)45(30(2)3)62-44(68)24-76-27-53(6,7)28-77-26-52(4,5)25-65-22-39(63-64-65)31-17-58-51(59-18-31)81(8,74)75/h14-18,22,30,37,45,73H,9-13,19-21,23-29,55H2,1-8H3,(H,56,67)(H,57,69)(H,61,70)(H,62,68)/t37-,45-,54-/m0/s1. The van der Waals surface area contributed by atoms with Crippen molar-refractivity contribution in [2.24, 2.45) is 22.5 Å². The summed E-state index contributed by atoms with van der Waals surface area (Å²) in [6.07, 6.45) is 6.71.